The fraction of sp³-hybridized carbons (Fsp3) is 0.143. The molecule has 0 bridgehead atoms. The second kappa shape index (κ2) is 9.68. The summed E-state index contributed by atoms with van der Waals surface area (Å²) in [6.07, 6.45) is 0.214. The second-order valence-corrected chi connectivity index (χ2v) is 8.16. The summed E-state index contributed by atoms with van der Waals surface area (Å²) in [6, 6.07) is 31.0. The summed E-state index contributed by atoms with van der Waals surface area (Å²) in [5, 5.41) is 12.8. The van der Waals surface area contributed by atoms with Gasteiger partial charge in [-0.3, -0.25) is 4.79 Å². The lowest BCUT2D eigenvalue weighted by Crippen LogP contribution is -2.15. The van der Waals surface area contributed by atoms with Crippen LogP contribution in [0.5, 0.6) is 5.75 Å². The normalized spacial score (nSPS) is 12.7. The van der Waals surface area contributed by atoms with Crippen molar-refractivity contribution in [3.05, 3.63) is 113 Å². The predicted octanol–water partition coefficient (Wildman–Crippen LogP) is 7.17. The molecule has 0 saturated carbocycles. The Bertz CT molecular complexity index is 1270. The smallest absolute Gasteiger partial charge is 0.163 e. The quantitative estimate of drug-likeness (QED) is 0.287. The molecular weight excluding hydrogens is 418 g/mol. The number of hydrogen-bond acceptors (Lipinski definition) is 3. The van der Waals surface area contributed by atoms with Crippen LogP contribution in [0.3, 0.4) is 0 Å². The van der Waals surface area contributed by atoms with Crippen molar-refractivity contribution in [1.29, 1.82) is 5.26 Å². The highest BCUT2D eigenvalue weighted by atomic mass is 35.5. The molecule has 32 heavy (non-hydrogen) atoms. The molecule has 0 heterocycles. The van der Waals surface area contributed by atoms with Crippen LogP contribution in [0.2, 0.25) is 5.02 Å². The molecule has 0 spiro atoms. The molecule has 0 fully saturated rings. The lowest BCUT2D eigenvalue weighted by molar-refractivity contribution is 0.0972. The average molecular weight is 440 g/mol. The highest BCUT2D eigenvalue weighted by Crippen LogP contribution is 2.37. The Morgan fingerprint density at radius 3 is 2.22 bits per heavy atom. The number of halogens is 1. The van der Waals surface area contributed by atoms with E-state index in [9.17, 15) is 10.1 Å². The molecular formula is C28H22ClNO2. The molecule has 0 aliphatic heterocycles. The summed E-state index contributed by atoms with van der Waals surface area (Å²) in [5.41, 5.74) is 2.40. The van der Waals surface area contributed by atoms with E-state index in [1.165, 1.54) is 0 Å². The molecule has 4 aromatic rings. The monoisotopic (exact) mass is 439 g/mol. The third-order valence-corrected chi connectivity index (χ3v) is 6.04. The van der Waals surface area contributed by atoms with Crippen LogP contribution in [0.1, 0.15) is 39.7 Å². The first-order valence-electron chi connectivity index (χ1n) is 10.4. The largest absolute Gasteiger partial charge is 0.497 e. The van der Waals surface area contributed by atoms with Gasteiger partial charge in [-0.15, -0.1) is 0 Å². The molecule has 4 aromatic carbocycles. The zero-order valence-corrected chi connectivity index (χ0v) is 18.4. The molecule has 0 amide bonds. The Labute approximate surface area is 192 Å². The molecule has 2 atom stereocenters. The minimum Gasteiger partial charge on any atom is -0.497 e. The number of nitrogens with zero attached hydrogens (tertiary/aromatic N) is 1. The molecule has 0 aromatic heterocycles. The van der Waals surface area contributed by atoms with Crippen LogP contribution in [0.4, 0.5) is 0 Å². The third kappa shape index (κ3) is 4.66. The summed E-state index contributed by atoms with van der Waals surface area (Å²) >= 11 is 6.05. The number of Topliss-reactive ketones (excluding diaryl/α,β-unsaturated/α-hetero) is 1. The summed E-state index contributed by atoms with van der Waals surface area (Å²) < 4.78 is 5.28. The number of carbonyl (C=O) groups excluding carboxylic acids is 1. The molecule has 0 radical (unpaired) electrons. The van der Waals surface area contributed by atoms with Gasteiger partial charge in [0.05, 0.1) is 19.1 Å². The maximum Gasteiger partial charge on any atom is 0.163 e. The van der Waals surface area contributed by atoms with Crippen molar-refractivity contribution < 1.29 is 9.53 Å². The molecule has 0 saturated heterocycles. The van der Waals surface area contributed by atoms with Crippen molar-refractivity contribution in [2.24, 2.45) is 0 Å². The molecule has 0 aliphatic rings. The SMILES string of the molecule is COc1ccc([C@H](CC(=O)c2ccc3ccccc3c2)[C@H](C#N)c2ccc(Cl)cc2)cc1. The third-order valence-electron chi connectivity index (χ3n) is 5.79. The number of rotatable bonds is 7. The zero-order valence-electron chi connectivity index (χ0n) is 17.7. The average Bonchev–Trinajstić information content (AvgIpc) is 2.84. The fourth-order valence-corrected chi connectivity index (χ4v) is 4.15. The summed E-state index contributed by atoms with van der Waals surface area (Å²) in [4.78, 5) is 13.3. The van der Waals surface area contributed by atoms with Gasteiger partial charge in [-0.1, -0.05) is 72.3 Å². The highest BCUT2D eigenvalue weighted by Gasteiger charge is 2.28. The minimum atomic E-state index is -0.495. The molecule has 158 valence electrons. The van der Waals surface area contributed by atoms with E-state index in [1.807, 2.05) is 78.9 Å². The zero-order chi connectivity index (χ0) is 22.5. The van der Waals surface area contributed by atoms with Crippen LogP contribution >= 0.6 is 11.6 Å². The van der Waals surface area contributed by atoms with E-state index in [2.05, 4.69) is 6.07 Å². The van der Waals surface area contributed by atoms with Gasteiger partial charge in [0.2, 0.25) is 0 Å². The number of ether oxygens (including phenoxy) is 1. The van der Waals surface area contributed by atoms with Gasteiger partial charge in [-0.25, -0.2) is 0 Å². The van der Waals surface area contributed by atoms with Gasteiger partial charge in [0, 0.05) is 22.9 Å². The van der Waals surface area contributed by atoms with Crippen molar-refractivity contribution in [3.8, 4) is 11.8 Å². The predicted molar refractivity (Wildman–Crippen MR) is 128 cm³/mol. The van der Waals surface area contributed by atoms with Gasteiger partial charge in [0.1, 0.15) is 5.75 Å². The van der Waals surface area contributed by atoms with Crippen molar-refractivity contribution in [2.75, 3.05) is 7.11 Å². The maximum absolute atomic E-state index is 13.3. The van der Waals surface area contributed by atoms with Gasteiger partial charge in [-0.2, -0.15) is 5.26 Å². The number of ketones is 1. The van der Waals surface area contributed by atoms with E-state index in [-0.39, 0.29) is 18.1 Å². The number of nitriles is 1. The van der Waals surface area contributed by atoms with Crippen LogP contribution in [0, 0.1) is 11.3 Å². The fourth-order valence-electron chi connectivity index (χ4n) is 4.03. The van der Waals surface area contributed by atoms with E-state index in [4.69, 9.17) is 16.3 Å². The van der Waals surface area contributed by atoms with E-state index < -0.39 is 5.92 Å². The van der Waals surface area contributed by atoms with Crippen molar-refractivity contribution in [3.63, 3.8) is 0 Å². The van der Waals surface area contributed by atoms with Crippen LogP contribution in [0.25, 0.3) is 10.8 Å². The van der Waals surface area contributed by atoms with Crippen molar-refractivity contribution in [2.45, 2.75) is 18.3 Å². The van der Waals surface area contributed by atoms with E-state index in [0.717, 1.165) is 27.6 Å². The van der Waals surface area contributed by atoms with Gasteiger partial charge < -0.3 is 4.74 Å². The Hall–Kier alpha value is -3.61. The standard InChI is InChI=1S/C28H22ClNO2/c1-32-25-14-10-20(11-15-25)26(27(18-30)21-8-12-24(29)13-9-21)17-28(31)23-7-6-19-4-2-3-5-22(19)16-23/h2-16,26-27H,17H2,1H3/t26-,27+/m0/s1. The van der Waals surface area contributed by atoms with Crippen molar-refractivity contribution in [1.82, 2.24) is 0 Å². The Morgan fingerprint density at radius 1 is 0.906 bits per heavy atom. The van der Waals surface area contributed by atoms with Crippen LogP contribution in [-0.4, -0.2) is 12.9 Å². The van der Waals surface area contributed by atoms with Gasteiger partial charge in [-0.05, 0) is 52.2 Å². The summed E-state index contributed by atoms with van der Waals surface area (Å²) in [5.74, 6) is -0.0738. The van der Waals surface area contributed by atoms with E-state index >= 15 is 0 Å². The molecule has 0 aliphatic carbocycles. The molecule has 3 nitrogen and oxygen atoms in total. The van der Waals surface area contributed by atoms with E-state index in [1.54, 1.807) is 19.2 Å². The number of benzene rings is 4. The number of carbonyl (C=O) groups is 1. The first-order valence-corrected chi connectivity index (χ1v) is 10.8. The first-order chi connectivity index (χ1) is 15.6. The highest BCUT2D eigenvalue weighted by molar-refractivity contribution is 6.30. The maximum atomic E-state index is 13.3. The summed E-state index contributed by atoms with van der Waals surface area (Å²) in [7, 11) is 1.61. The first kappa shape index (κ1) is 21.6. The van der Waals surface area contributed by atoms with Gasteiger partial charge >= 0.3 is 0 Å². The lowest BCUT2D eigenvalue weighted by atomic mass is 9.78. The van der Waals surface area contributed by atoms with E-state index in [0.29, 0.717) is 10.6 Å². The van der Waals surface area contributed by atoms with Crippen LogP contribution < -0.4 is 4.74 Å². The van der Waals surface area contributed by atoms with Gasteiger partial charge in [0.25, 0.3) is 0 Å². The Balaban J connectivity index is 1.70. The molecule has 4 heteroatoms. The minimum absolute atomic E-state index is 0.00536. The molecule has 0 N–H and O–H groups in total. The van der Waals surface area contributed by atoms with Crippen LogP contribution in [0.15, 0.2) is 91.0 Å². The molecule has 0 unspecified atom stereocenters. The Kier molecular flexibility index (Phi) is 6.54. The topological polar surface area (TPSA) is 50.1 Å². The van der Waals surface area contributed by atoms with Crippen molar-refractivity contribution >= 4 is 28.2 Å². The van der Waals surface area contributed by atoms with Crippen LogP contribution in [-0.2, 0) is 0 Å². The summed E-state index contributed by atoms with van der Waals surface area (Å²) in [6.45, 7) is 0. The molecule has 4 rings (SSSR count). The lowest BCUT2D eigenvalue weighted by Gasteiger charge is -2.23. The number of hydrogen-bond donors (Lipinski definition) is 0. The Morgan fingerprint density at radius 2 is 1.56 bits per heavy atom. The number of fused-ring (bicyclic) bond motifs is 1. The second-order valence-electron chi connectivity index (χ2n) is 7.73. The van der Waals surface area contributed by atoms with Gasteiger partial charge in [0.15, 0.2) is 5.78 Å². The number of methoxy groups -OCH3 is 1.